The molecule has 1 aromatic heterocycles. The Hall–Kier alpha value is -1.88. The van der Waals surface area contributed by atoms with Crippen LogP contribution in [-0.2, 0) is 0 Å². The van der Waals surface area contributed by atoms with E-state index >= 15 is 4.39 Å². The van der Waals surface area contributed by atoms with Gasteiger partial charge in [-0.1, -0.05) is 25.8 Å². The molecule has 5 heteroatoms. The molecule has 2 heterocycles. The molecule has 1 saturated carbocycles. The summed E-state index contributed by atoms with van der Waals surface area (Å²) in [6.45, 7) is 8.11. The minimum atomic E-state index is -0.0859. The normalized spacial score (nSPS) is 17.7. The van der Waals surface area contributed by atoms with Crippen LogP contribution in [-0.4, -0.2) is 9.78 Å². The summed E-state index contributed by atoms with van der Waals surface area (Å²) < 4.78 is 17.6. The third-order valence-corrected chi connectivity index (χ3v) is 6.31. The molecular formula is C21H23BrFN3. The highest BCUT2D eigenvalue weighted by atomic mass is 79.9. The number of hydrogen-bond acceptors (Lipinski definition) is 2. The van der Waals surface area contributed by atoms with Crippen LogP contribution in [0.3, 0.4) is 0 Å². The molecule has 1 aromatic carbocycles. The molecule has 0 saturated heterocycles. The number of fused-ring (bicyclic) bond motifs is 1. The molecule has 0 spiro atoms. The summed E-state index contributed by atoms with van der Waals surface area (Å²) >= 11 is 3.46. The van der Waals surface area contributed by atoms with Crippen LogP contribution in [0.15, 0.2) is 29.4 Å². The van der Waals surface area contributed by atoms with Crippen molar-refractivity contribution in [3.05, 3.63) is 57.5 Å². The third kappa shape index (κ3) is 2.92. The number of aromatic nitrogens is 2. The Kier molecular flexibility index (Phi) is 4.51. The van der Waals surface area contributed by atoms with Crippen molar-refractivity contribution >= 4 is 33.1 Å². The second kappa shape index (κ2) is 6.69. The number of nitrogens with one attached hydrogen (secondary N) is 1. The molecule has 0 atom stereocenters. The summed E-state index contributed by atoms with van der Waals surface area (Å²) in [6.07, 6.45) is 7.80. The summed E-state index contributed by atoms with van der Waals surface area (Å²) in [7, 11) is 0. The first-order valence-electron chi connectivity index (χ1n) is 9.19. The van der Waals surface area contributed by atoms with Gasteiger partial charge in [0.2, 0.25) is 0 Å². The zero-order chi connectivity index (χ0) is 18.4. The lowest BCUT2D eigenvalue weighted by Gasteiger charge is -2.25. The minimum absolute atomic E-state index is 0.0859. The molecule has 136 valence electrons. The Labute approximate surface area is 162 Å². The summed E-state index contributed by atoms with van der Waals surface area (Å²) in [5.74, 6) is 1.15. The van der Waals surface area contributed by atoms with Crippen molar-refractivity contribution in [2.75, 3.05) is 5.32 Å². The van der Waals surface area contributed by atoms with Gasteiger partial charge in [0.1, 0.15) is 16.2 Å². The SMILES string of the molecule is C=C1C=C(c2cc(C)c(C3CCCCC3)c(F)c2)Nc2c(C)c(Br)nn21. The Balaban J connectivity index is 1.70. The molecule has 0 bridgehead atoms. The molecule has 1 aliphatic carbocycles. The lowest BCUT2D eigenvalue weighted by atomic mass is 9.81. The lowest BCUT2D eigenvalue weighted by molar-refractivity contribution is 0.428. The number of nitrogens with zero attached hydrogens (tertiary/aromatic N) is 2. The van der Waals surface area contributed by atoms with Gasteiger partial charge >= 0.3 is 0 Å². The number of rotatable bonds is 2. The molecule has 1 N–H and O–H groups in total. The highest BCUT2D eigenvalue weighted by molar-refractivity contribution is 9.10. The summed E-state index contributed by atoms with van der Waals surface area (Å²) in [5, 5.41) is 7.81. The maximum absolute atomic E-state index is 15.0. The first-order valence-corrected chi connectivity index (χ1v) is 9.98. The number of benzene rings is 1. The van der Waals surface area contributed by atoms with Crippen molar-refractivity contribution in [3.8, 4) is 0 Å². The van der Waals surface area contributed by atoms with Gasteiger partial charge in [0, 0.05) is 16.8 Å². The molecule has 1 aliphatic heterocycles. The largest absolute Gasteiger partial charge is 0.339 e. The maximum Gasteiger partial charge on any atom is 0.138 e. The predicted octanol–water partition coefficient (Wildman–Crippen LogP) is 6.39. The van der Waals surface area contributed by atoms with Gasteiger partial charge in [0.15, 0.2) is 0 Å². The van der Waals surface area contributed by atoms with E-state index in [0.717, 1.165) is 56.9 Å². The Morgan fingerprint density at radius 1 is 1.23 bits per heavy atom. The number of anilines is 1. The van der Waals surface area contributed by atoms with Gasteiger partial charge in [-0.3, -0.25) is 0 Å². The number of allylic oxidation sites excluding steroid dienone is 2. The van der Waals surface area contributed by atoms with Gasteiger partial charge in [-0.2, -0.15) is 5.10 Å². The van der Waals surface area contributed by atoms with Gasteiger partial charge in [0.05, 0.1) is 5.70 Å². The van der Waals surface area contributed by atoms with Crippen molar-refractivity contribution < 1.29 is 4.39 Å². The van der Waals surface area contributed by atoms with Crippen molar-refractivity contribution in [3.63, 3.8) is 0 Å². The molecule has 1 fully saturated rings. The Morgan fingerprint density at radius 3 is 2.65 bits per heavy atom. The number of halogens is 2. The fourth-order valence-electron chi connectivity index (χ4n) is 4.19. The number of hydrogen-bond donors (Lipinski definition) is 1. The van der Waals surface area contributed by atoms with E-state index in [2.05, 4.69) is 39.0 Å². The van der Waals surface area contributed by atoms with Crippen LogP contribution in [0.5, 0.6) is 0 Å². The molecule has 2 aromatic rings. The fraction of sp³-hybridized carbons (Fsp3) is 0.381. The van der Waals surface area contributed by atoms with E-state index in [1.165, 1.54) is 19.3 Å². The highest BCUT2D eigenvalue weighted by Crippen LogP contribution is 2.38. The van der Waals surface area contributed by atoms with E-state index in [1.807, 2.05) is 19.9 Å². The van der Waals surface area contributed by atoms with E-state index in [-0.39, 0.29) is 5.82 Å². The van der Waals surface area contributed by atoms with Crippen LogP contribution in [0.1, 0.15) is 60.3 Å². The topological polar surface area (TPSA) is 29.9 Å². The van der Waals surface area contributed by atoms with Crippen molar-refractivity contribution in [2.45, 2.75) is 51.9 Å². The van der Waals surface area contributed by atoms with Gasteiger partial charge in [0.25, 0.3) is 0 Å². The number of aryl methyl sites for hydroxylation is 1. The van der Waals surface area contributed by atoms with Crippen LogP contribution in [0.2, 0.25) is 0 Å². The zero-order valence-electron chi connectivity index (χ0n) is 15.2. The van der Waals surface area contributed by atoms with Gasteiger partial charge in [-0.25, -0.2) is 9.07 Å². The monoisotopic (exact) mass is 415 g/mol. The van der Waals surface area contributed by atoms with Crippen LogP contribution in [0.4, 0.5) is 10.2 Å². The van der Waals surface area contributed by atoms with Gasteiger partial charge in [-0.15, -0.1) is 0 Å². The fourth-order valence-corrected chi connectivity index (χ4v) is 4.54. The quantitative estimate of drug-likeness (QED) is 0.615. The van der Waals surface area contributed by atoms with E-state index in [9.17, 15) is 0 Å². The van der Waals surface area contributed by atoms with Crippen molar-refractivity contribution in [1.29, 1.82) is 0 Å². The molecule has 0 radical (unpaired) electrons. The van der Waals surface area contributed by atoms with Crippen LogP contribution >= 0.6 is 15.9 Å². The third-order valence-electron chi connectivity index (χ3n) is 5.56. The first-order chi connectivity index (χ1) is 12.5. The summed E-state index contributed by atoms with van der Waals surface area (Å²) in [6, 6.07) is 3.76. The smallest absolute Gasteiger partial charge is 0.138 e. The highest BCUT2D eigenvalue weighted by Gasteiger charge is 2.24. The van der Waals surface area contributed by atoms with Crippen LogP contribution in [0.25, 0.3) is 11.4 Å². The van der Waals surface area contributed by atoms with E-state index < -0.39 is 0 Å². The summed E-state index contributed by atoms with van der Waals surface area (Å²) in [4.78, 5) is 0. The van der Waals surface area contributed by atoms with Crippen LogP contribution < -0.4 is 5.32 Å². The van der Waals surface area contributed by atoms with Gasteiger partial charge in [-0.05, 0) is 77.9 Å². The molecule has 0 unspecified atom stereocenters. The van der Waals surface area contributed by atoms with Gasteiger partial charge < -0.3 is 5.32 Å². The first kappa shape index (κ1) is 17.5. The summed E-state index contributed by atoms with van der Waals surface area (Å²) in [5.41, 5.74) is 5.42. The van der Waals surface area contributed by atoms with Crippen LogP contribution in [0, 0.1) is 19.7 Å². The maximum atomic E-state index is 15.0. The van der Waals surface area contributed by atoms with E-state index in [4.69, 9.17) is 0 Å². The second-order valence-corrected chi connectivity index (χ2v) is 8.13. The standard InChI is InChI=1S/C21H23BrFN3/c1-12-9-16(11-17(23)19(12)15-7-5-4-6-8-15)18-10-13(2)26-21(24-18)14(3)20(22)25-26/h9-11,15,24H,2,4-8H2,1,3H3. The molecule has 3 nitrogen and oxygen atoms in total. The predicted molar refractivity (Wildman–Crippen MR) is 109 cm³/mol. The molecule has 2 aliphatic rings. The average Bonchev–Trinajstić information content (AvgIpc) is 2.91. The average molecular weight is 416 g/mol. The molecule has 0 amide bonds. The second-order valence-electron chi connectivity index (χ2n) is 7.37. The minimum Gasteiger partial charge on any atom is -0.339 e. The Bertz CT molecular complexity index is 897. The van der Waals surface area contributed by atoms with E-state index in [0.29, 0.717) is 5.92 Å². The Morgan fingerprint density at radius 2 is 1.96 bits per heavy atom. The zero-order valence-corrected chi connectivity index (χ0v) is 16.8. The molecular weight excluding hydrogens is 393 g/mol. The lowest BCUT2D eigenvalue weighted by Crippen LogP contribution is -2.14. The van der Waals surface area contributed by atoms with E-state index in [1.54, 1.807) is 10.7 Å². The molecule has 26 heavy (non-hydrogen) atoms. The van der Waals surface area contributed by atoms with Crippen molar-refractivity contribution in [2.24, 2.45) is 0 Å². The molecule has 4 rings (SSSR count). The van der Waals surface area contributed by atoms with Crippen molar-refractivity contribution in [1.82, 2.24) is 9.78 Å².